The molecule has 2 aliphatic rings. The van der Waals surface area contributed by atoms with E-state index in [1.165, 1.54) is 6.33 Å². The van der Waals surface area contributed by atoms with Gasteiger partial charge in [-0.1, -0.05) is 69.2 Å². The Morgan fingerprint density at radius 2 is 1.67 bits per heavy atom. The monoisotopic (exact) mass is 581 g/mol. The molecule has 4 atom stereocenters. The number of aliphatic hydroxyl groups excluding tert-OH is 1. The third kappa shape index (κ3) is 5.38. The molecule has 220 valence electrons. The van der Waals surface area contributed by atoms with Crippen LogP contribution in [-0.2, 0) is 17.7 Å². The number of anilines is 1. The lowest BCUT2D eigenvalue weighted by Gasteiger charge is -2.51. The number of imidazole rings is 1. The van der Waals surface area contributed by atoms with Crippen LogP contribution in [0.1, 0.15) is 75.5 Å². The first-order valence-electron chi connectivity index (χ1n) is 14.3. The largest absolute Gasteiger partial charge is 0.414 e. The molecule has 0 radical (unpaired) electrons. The molecular weight excluding hydrogens is 534 g/mol. The van der Waals surface area contributed by atoms with Gasteiger partial charge in [-0.25, -0.2) is 4.98 Å². The highest BCUT2D eigenvalue weighted by atomic mass is 28.5. The number of aromatic nitrogens is 4. The Balaban J connectivity index is 1.75. The molecule has 4 heterocycles. The molecule has 2 aromatic heterocycles. The van der Waals surface area contributed by atoms with Gasteiger partial charge in [-0.15, -0.1) is 0 Å². The summed E-state index contributed by atoms with van der Waals surface area (Å²) in [6.45, 7) is 22.3. The maximum Gasteiger partial charge on any atom is 0.335 e. The SMILES string of the molecule is CC(C)CNc1nc2c(ncn2[C@@H]2O[C@@H]3CO[Si](C(C)C)(C(C)C)O[Si](C(C)C)(C(C)C)O[C@H]3C2O)c(=O)[nH]1. The molecule has 3 N–H and O–H groups in total. The van der Waals surface area contributed by atoms with Crippen molar-refractivity contribution in [3.63, 3.8) is 0 Å². The molecular formula is C26H47N5O6Si2. The Bertz CT molecular complexity index is 1180. The van der Waals surface area contributed by atoms with Crippen molar-refractivity contribution in [1.82, 2.24) is 19.5 Å². The molecule has 0 aromatic carbocycles. The molecule has 2 fully saturated rings. The molecule has 0 bridgehead atoms. The van der Waals surface area contributed by atoms with Gasteiger partial charge in [-0.05, 0) is 28.1 Å². The van der Waals surface area contributed by atoms with Gasteiger partial charge in [0.05, 0.1) is 12.9 Å². The lowest BCUT2D eigenvalue weighted by atomic mass is 10.1. The predicted octanol–water partition coefficient (Wildman–Crippen LogP) is 4.40. The lowest BCUT2D eigenvalue weighted by Crippen LogP contribution is -2.65. The Morgan fingerprint density at radius 1 is 1.05 bits per heavy atom. The molecule has 2 aromatic rings. The van der Waals surface area contributed by atoms with Gasteiger partial charge in [0.15, 0.2) is 17.4 Å². The first-order valence-corrected chi connectivity index (χ1v) is 18.2. The highest BCUT2D eigenvalue weighted by molar-refractivity contribution is 6.84. The summed E-state index contributed by atoms with van der Waals surface area (Å²) in [7, 11) is -5.66. The third-order valence-corrected chi connectivity index (χ3v) is 18.3. The number of ether oxygens (including phenoxy) is 1. The van der Waals surface area contributed by atoms with Gasteiger partial charge in [0.25, 0.3) is 5.56 Å². The predicted molar refractivity (Wildman–Crippen MR) is 155 cm³/mol. The Kier molecular flexibility index (Phi) is 8.82. The van der Waals surface area contributed by atoms with Crippen LogP contribution >= 0.6 is 0 Å². The summed E-state index contributed by atoms with van der Waals surface area (Å²) in [5, 5.41) is 14.9. The Morgan fingerprint density at radius 3 is 2.23 bits per heavy atom. The van der Waals surface area contributed by atoms with Gasteiger partial charge in [-0.2, -0.15) is 4.98 Å². The maximum absolute atomic E-state index is 12.8. The van der Waals surface area contributed by atoms with Crippen LogP contribution < -0.4 is 10.9 Å². The maximum atomic E-state index is 12.8. The number of nitrogens with zero attached hydrogens (tertiary/aromatic N) is 3. The van der Waals surface area contributed by atoms with Gasteiger partial charge in [0.2, 0.25) is 5.95 Å². The normalized spacial score (nSPS) is 27.1. The molecule has 13 heteroatoms. The van der Waals surface area contributed by atoms with Crippen molar-refractivity contribution in [2.75, 3.05) is 18.5 Å². The zero-order valence-corrected chi connectivity index (χ0v) is 27.0. The minimum Gasteiger partial charge on any atom is -0.414 e. The third-order valence-electron chi connectivity index (χ3n) is 8.03. The summed E-state index contributed by atoms with van der Waals surface area (Å²) in [5.74, 6) is 0.718. The van der Waals surface area contributed by atoms with Gasteiger partial charge in [0, 0.05) is 6.54 Å². The summed E-state index contributed by atoms with van der Waals surface area (Å²) in [4.78, 5) is 24.4. The van der Waals surface area contributed by atoms with E-state index in [0.29, 0.717) is 24.1 Å². The second kappa shape index (κ2) is 11.3. The van der Waals surface area contributed by atoms with Gasteiger partial charge < -0.3 is 28.1 Å². The fourth-order valence-electron chi connectivity index (χ4n) is 5.86. The topological polar surface area (TPSA) is 133 Å². The summed E-state index contributed by atoms with van der Waals surface area (Å²) < 4.78 is 29.1. The van der Waals surface area contributed by atoms with Crippen LogP contribution in [0, 0.1) is 5.92 Å². The molecule has 2 saturated heterocycles. The standard InChI is InChI=1S/C26H47N5O6Si2/c1-14(2)11-27-26-29-23-20(24(33)30-26)28-13-31(23)25-21(32)22-19(35-25)12-34-38(15(3)4,16(5)6)37-39(36-22,17(7)8)18(9)10/h13-19,21-22,25,32H,11-12H2,1-10H3,(H2,27,29,30,33)/t19-,21?,22-,25-/m1/s1. The fourth-order valence-corrected chi connectivity index (χ4v) is 17.1. The average Bonchev–Trinajstić information content (AvgIpc) is 3.38. The van der Waals surface area contributed by atoms with E-state index >= 15 is 0 Å². The Hall–Kier alpha value is -1.62. The van der Waals surface area contributed by atoms with Crippen molar-refractivity contribution in [2.24, 2.45) is 5.92 Å². The quantitative estimate of drug-likeness (QED) is 0.388. The molecule has 39 heavy (non-hydrogen) atoms. The van der Waals surface area contributed by atoms with Gasteiger partial charge in [0.1, 0.15) is 18.3 Å². The zero-order valence-electron chi connectivity index (χ0n) is 25.0. The molecule has 0 spiro atoms. The lowest BCUT2D eigenvalue weighted by molar-refractivity contribution is -0.0570. The van der Waals surface area contributed by atoms with Crippen LogP contribution in [0.2, 0.25) is 22.2 Å². The van der Waals surface area contributed by atoms with Crippen molar-refractivity contribution in [2.45, 2.75) is 116 Å². The van der Waals surface area contributed by atoms with E-state index in [-0.39, 0.29) is 39.8 Å². The Labute approximate surface area is 233 Å². The second-order valence-corrected chi connectivity index (χ2v) is 21.5. The van der Waals surface area contributed by atoms with Gasteiger partial charge in [-0.3, -0.25) is 14.3 Å². The highest BCUT2D eigenvalue weighted by Crippen LogP contribution is 2.48. The number of H-pyrrole nitrogens is 1. The zero-order chi connectivity index (χ0) is 28.9. The van der Waals surface area contributed by atoms with Crippen molar-refractivity contribution < 1.29 is 22.8 Å². The first kappa shape index (κ1) is 30.3. The number of fused-ring (bicyclic) bond motifs is 2. The van der Waals surface area contributed by atoms with Crippen molar-refractivity contribution in [3.05, 3.63) is 16.7 Å². The molecule has 2 aliphatic heterocycles. The summed E-state index contributed by atoms with van der Waals surface area (Å²) in [6.07, 6.45) is -1.56. The number of aromatic amines is 1. The highest BCUT2D eigenvalue weighted by Gasteiger charge is 2.61. The van der Waals surface area contributed by atoms with E-state index in [1.54, 1.807) is 4.57 Å². The first-order chi connectivity index (χ1) is 18.2. The molecule has 0 aliphatic carbocycles. The summed E-state index contributed by atoms with van der Waals surface area (Å²) in [5.41, 5.74) is 0.824. The van der Waals surface area contributed by atoms with Crippen molar-refractivity contribution in [1.29, 1.82) is 0 Å². The fraction of sp³-hybridized carbons (Fsp3) is 0.808. The van der Waals surface area contributed by atoms with Crippen LogP contribution in [0.5, 0.6) is 0 Å². The van der Waals surface area contributed by atoms with Crippen molar-refractivity contribution >= 4 is 34.2 Å². The van der Waals surface area contributed by atoms with E-state index in [9.17, 15) is 9.90 Å². The van der Waals surface area contributed by atoms with Crippen LogP contribution in [0.15, 0.2) is 11.1 Å². The molecule has 1 unspecified atom stereocenters. The van der Waals surface area contributed by atoms with Gasteiger partial charge >= 0.3 is 17.1 Å². The van der Waals surface area contributed by atoms with E-state index < -0.39 is 41.7 Å². The summed E-state index contributed by atoms with van der Waals surface area (Å²) >= 11 is 0. The number of hydrogen-bond donors (Lipinski definition) is 3. The molecule has 11 nitrogen and oxygen atoms in total. The minimum absolute atomic E-state index is 0.124. The molecule has 0 saturated carbocycles. The van der Waals surface area contributed by atoms with Crippen LogP contribution in [0.3, 0.4) is 0 Å². The number of aliphatic hydroxyl groups is 1. The minimum atomic E-state index is -2.92. The van der Waals surface area contributed by atoms with E-state index in [1.807, 2.05) is 0 Å². The molecule has 0 amide bonds. The molecule has 4 rings (SSSR count). The smallest absolute Gasteiger partial charge is 0.335 e. The van der Waals surface area contributed by atoms with E-state index in [4.69, 9.17) is 17.7 Å². The number of nitrogens with one attached hydrogen (secondary N) is 2. The number of rotatable bonds is 8. The van der Waals surface area contributed by atoms with Crippen LogP contribution in [0.25, 0.3) is 11.2 Å². The van der Waals surface area contributed by atoms with Crippen LogP contribution in [-0.4, -0.2) is 73.2 Å². The van der Waals surface area contributed by atoms with E-state index in [2.05, 4.69) is 89.5 Å². The summed E-state index contributed by atoms with van der Waals surface area (Å²) in [6, 6.07) is 0. The number of hydrogen-bond acceptors (Lipinski definition) is 9. The van der Waals surface area contributed by atoms with E-state index in [0.717, 1.165) is 0 Å². The average molecular weight is 582 g/mol. The van der Waals surface area contributed by atoms with Crippen LogP contribution in [0.4, 0.5) is 5.95 Å². The van der Waals surface area contributed by atoms with Crippen molar-refractivity contribution in [3.8, 4) is 0 Å². The second-order valence-electron chi connectivity index (χ2n) is 12.6.